The van der Waals surface area contributed by atoms with Crippen LogP contribution in [0.4, 0.5) is 0 Å². The predicted octanol–water partition coefficient (Wildman–Crippen LogP) is 3.38. The maximum absolute atomic E-state index is 11.9. The molecule has 0 bridgehead atoms. The molecule has 0 radical (unpaired) electrons. The van der Waals surface area contributed by atoms with E-state index in [1.165, 1.54) is 19.3 Å². The molecule has 0 spiro atoms. The van der Waals surface area contributed by atoms with Crippen LogP contribution in [0.25, 0.3) is 0 Å². The van der Waals surface area contributed by atoms with Crippen LogP contribution in [-0.2, 0) is 9.53 Å². The fraction of sp³-hybridized carbons (Fsp3) is 0.556. The summed E-state index contributed by atoms with van der Waals surface area (Å²) in [5, 5.41) is 2.99. The lowest BCUT2D eigenvalue weighted by atomic mass is 9.97. The van der Waals surface area contributed by atoms with Crippen molar-refractivity contribution in [2.45, 2.75) is 57.9 Å². The van der Waals surface area contributed by atoms with Crippen LogP contribution in [-0.4, -0.2) is 24.5 Å². The van der Waals surface area contributed by atoms with Gasteiger partial charge in [0.2, 0.25) is 0 Å². The topological polar surface area (TPSA) is 55.4 Å². The van der Waals surface area contributed by atoms with Gasteiger partial charge >= 0.3 is 5.97 Å². The van der Waals surface area contributed by atoms with Crippen molar-refractivity contribution in [2.75, 3.05) is 6.61 Å². The zero-order valence-corrected chi connectivity index (χ0v) is 13.3. The minimum absolute atomic E-state index is 0.203. The van der Waals surface area contributed by atoms with Gasteiger partial charge in [-0.05, 0) is 31.9 Å². The van der Waals surface area contributed by atoms with E-state index in [2.05, 4.69) is 5.32 Å². The normalized spacial score (nSPS) is 16.4. The number of carbonyl (C=O) groups is 2. The van der Waals surface area contributed by atoms with Crippen LogP contribution in [0.15, 0.2) is 24.3 Å². The van der Waals surface area contributed by atoms with Crippen LogP contribution in [0.1, 0.15) is 60.9 Å². The van der Waals surface area contributed by atoms with Crippen LogP contribution in [0, 0.1) is 6.92 Å². The molecule has 120 valence electrons. The number of benzene rings is 1. The summed E-state index contributed by atoms with van der Waals surface area (Å²) in [6.07, 6.45) is 8.16. The Bertz CT molecular complexity index is 488. The Balaban J connectivity index is 1.74. The molecular formula is C18H25NO3. The third-order valence-corrected chi connectivity index (χ3v) is 4.09. The second-order valence-electron chi connectivity index (χ2n) is 6.05. The van der Waals surface area contributed by atoms with Gasteiger partial charge in [-0.3, -0.25) is 4.79 Å². The van der Waals surface area contributed by atoms with E-state index in [9.17, 15) is 9.59 Å². The average molecular weight is 303 g/mol. The second-order valence-corrected chi connectivity index (χ2v) is 6.05. The van der Waals surface area contributed by atoms with Crippen molar-refractivity contribution in [1.29, 1.82) is 0 Å². The number of nitrogens with one attached hydrogen (secondary N) is 1. The number of ether oxygens (including phenoxy) is 1. The number of esters is 1. The lowest BCUT2D eigenvalue weighted by Crippen LogP contribution is -2.38. The fourth-order valence-corrected chi connectivity index (χ4v) is 2.77. The monoisotopic (exact) mass is 303 g/mol. The summed E-state index contributed by atoms with van der Waals surface area (Å²) < 4.78 is 5.08. The van der Waals surface area contributed by atoms with Crippen LogP contribution < -0.4 is 5.32 Å². The van der Waals surface area contributed by atoms with E-state index in [1.807, 2.05) is 19.1 Å². The van der Waals surface area contributed by atoms with Gasteiger partial charge in [0.15, 0.2) is 6.61 Å². The van der Waals surface area contributed by atoms with E-state index >= 15 is 0 Å². The van der Waals surface area contributed by atoms with Crippen molar-refractivity contribution in [3.63, 3.8) is 0 Å². The number of carbonyl (C=O) groups excluding carboxylic acids is 2. The smallest absolute Gasteiger partial charge is 0.338 e. The number of hydrogen-bond donors (Lipinski definition) is 1. The third-order valence-electron chi connectivity index (χ3n) is 4.09. The first-order chi connectivity index (χ1) is 10.6. The highest BCUT2D eigenvalue weighted by atomic mass is 16.5. The lowest BCUT2D eigenvalue weighted by Gasteiger charge is -2.20. The van der Waals surface area contributed by atoms with Crippen LogP contribution in [0.2, 0.25) is 0 Å². The van der Waals surface area contributed by atoms with E-state index < -0.39 is 5.97 Å². The molecule has 1 aliphatic rings. The van der Waals surface area contributed by atoms with Gasteiger partial charge in [-0.25, -0.2) is 4.79 Å². The van der Waals surface area contributed by atoms with Gasteiger partial charge in [0.25, 0.3) is 5.91 Å². The minimum atomic E-state index is -0.451. The molecule has 22 heavy (non-hydrogen) atoms. The molecule has 1 amide bonds. The van der Waals surface area contributed by atoms with E-state index in [0.717, 1.165) is 31.2 Å². The molecule has 1 aromatic carbocycles. The standard InChI is InChI=1S/C18H25NO3/c1-14-9-11-15(12-10-14)18(21)22-13-17(20)19-16-7-5-3-2-4-6-8-16/h9-12,16H,2-8,13H2,1H3,(H,19,20). The first-order valence-corrected chi connectivity index (χ1v) is 8.18. The van der Waals surface area contributed by atoms with Crippen molar-refractivity contribution >= 4 is 11.9 Å². The number of amides is 1. The third kappa shape index (κ3) is 5.51. The number of aryl methyl sites for hydroxylation is 1. The minimum Gasteiger partial charge on any atom is -0.452 e. The molecule has 0 saturated heterocycles. The van der Waals surface area contributed by atoms with E-state index in [4.69, 9.17) is 4.74 Å². The molecule has 0 unspecified atom stereocenters. The molecule has 0 aliphatic heterocycles. The number of rotatable bonds is 4. The lowest BCUT2D eigenvalue weighted by molar-refractivity contribution is -0.125. The molecule has 0 heterocycles. The van der Waals surface area contributed by atoms with Crippen LogP contribution in [0.3, 0.4) is 0 Å². The number of hydrogen-bond acceptors (Lipinski definition) is 3. The van der Waals surface area contributed by atoms with E-state index in [1.54, 1.807) is 12.1 Å². The zero-order chi connectivity index (χ0) is 15.8. The maximum atomic E-state index is 11.9. The molecule has 1 N–H and O–H groups in total. The molecule has 2 rings (SSSR count). The molecule has 1 aliphatic carbocycles. The largest absolute Gasteiger partial charge is 0.452 e. The Morgan fingerprint density at radius 3 is 2.27 bits per heavy atom. The molecule has 0 aromatic heterocycles. The van der Waals surface area contributed by atoms with Gasteiger partial charge in [0, 0.05) is 6.04 Å². The van der Waals surface area contributed by atoms with Gasteiger partial charge < -0.3 is 10.1 Å². The molecule has 4 heteroatoms. The quantitative estimate of drug-likeness (QED) is 0.868. The van der Waals surface area contributed by atoms with Crippen LogP contribution >= 0.6 is 0 Å². The maximum Gasteiger partial charge on any atom is 0.338 e. The molecule has 1 saturated carbocycles. The van der Waals surface area contributed by atoms with E-state index in [0.29, 0.717) is 5.56 Å². The van der Waals surface area contributed by atoms with Crippen molar-refractivity contribution in [2.24, 2.45) is 0 Å². The van der Waals surface area contributed by atoms with Gasteiger partial charge in [-0.2, -0.15) is 0 Å². The fourth-order valence-electron chi connectivity index (χ4n) is 2.77. The molecule has 4 nitrogen and oxygen atoms in total. The average Bonchev–Trinajstić information content (AvgIpc) is 2.48. The van der Waals surface area contributed by atoms with Gasteiger partial charge in [-0.15, -0.1) is 0 Å². The van der Waals surface area contributed by atoms with Crippen LogP contribution in [0.5, 0.6) is 0 Å². The Morgan fingerprint density at radius 1 is 1.05 bits per heavy atom. The Morgan fingerprint density at radius 2 is 1.64 bits per heavy atom. The molecule has 1 aromatic rings. The highest BCUT2D eigenvalue weighted by Gasteiger charge is 2.15. The van der Waals surface area contributed by atoms with Crippen molar-refractivity contribution < 1.29 is 14.3 Å². The first-order valence-electron chi connectivity index (χ1n) is 8.18. The second kappa shape index (κ2) is 8.57. The Labute approximate surface area is 132 Å². The highest BCUT2D eigenvalue weighted by molar-refractivity contribution is 5.91. The molecule has 1 fully saturated rings. The summed E-state index contributed by atoms with van der Waals surface area (Å²) >= 11 is 0. The van der Waals surface area contributed by atoms with Gasteiger partial charge in [0.1, 0.15) is 0 Å². The van der Waals surface area contributed by atoms with Gasteiger partial charge in [0.05, 0.1) is 5.56 Å². The van der Waals surface area contributed by atoms with Crippen molar-refractivity contribution in [3.8, 4) is 0 Å². The zero-order valence-electron chi connectivity index (χ0n) is 13.3. The molecule has 0 atom stereocenters. The summed E-state index contributed by atoms with van der Waals surface area (Å²) in [7, 11) is 0. The summed E-state index contributed by atoms with van der Waals surface area (Å²) in [5.41, 5.74) is 1.56. The Kier molecular flexibility index (Phi) is 6.44. The van der Waals surface area contributed by atoms with Crippen molar-refractivity contribution in [1.82, 2.24) is 5.32 Å². The summed E-state index contributed by atoms with van der Waals surface area (Å²) in [5.74, 6) is -0.654. The first kappa shape index (κ1) is 16.5. The predicted molar refractivity (Wildman–Crippen MR) is 85.7 cm³/mol. The van der Waals surface area contributed by atoms with Gasteiger partial charge in [-0.1, -0.05) is 49.8 Å². The SMILES string of the molecule is Cc1ccc(C(=O)OCC(=O)NC2CCCCCCC2)cc1. The Hall–Kier alpha value is -1.84. The summed E-state index contributed by atoms with van der Waals surface area (Å²) in [6, 6.07) is 7.36. The van der Waals surface area contributed by atoms with E-state index in [-0.39, 0.29) is 18.6 Å². The highest BCUT2D eigenvalue weighted by Crippen LogP contribution is 2.17. The summed E-state index contributed by atoms with van der Waals surface area (Å²) in [6.45, 7) is 1.75. The van der Waals surface area contributed by atoms with Crippen molar-refractivity contribution in [3.05, 3.63) is 35.4 Å². The molecular weight excluding hydrogens is 278 g/mol. The summed E-state index contributed by atoms with van der Waals surface area (Å²) in [4.78, 5) is 23.8.